The summed E-state index contributed by atoms with van der Waals surface area (Å²) in [6.07, 6.45) is 0.165. The van der Waals surface area contributed by atoms with E-state index in [9.17, 15) is 18.0 Å². The van der Waals surface area contributed by atoms with Crippen LogP contribution in [0.25, 0.3) is 0 Å². The fraction of sp³-hybridized carbons (Fsp3) is 0.450. The Labute approximate surface area is 181 Å². The highest BCUT2D eigenvalue weighted by atomic mass is 32.1. The Morgan fingerprint density at radius 2 is 1.94 bits per heavy atom. The highest BCUT2D eigenvalue weighted by Gasteiger charge is 2.39. The number of ether oxygens (including phenoxy) is 2. The fourth-order valence-electron chi connectivity index (χ4n) is 3.10. The number of hydrogen-bond acceptors (Lipinski definition) is 6. The number of pyridine rings is 1. The van der Waals surface area contributed by atoms with Gasteiger partial charge in [-0.25, -0.2) is 4.79 Å². The molecule has 0 bridgehead atoms. The quantitative estimate of drug-likeness (QED) is 0.638. The first-order chi connectivity index (χ1) is 14.7. The number of carboxylic acids is 1. The molecule has 2 aromatic rings. The monoisotopic (exact) mass is 460 g/mol. The molecule has 1 aliphatic heterocycles. The van der Waals surface area contributed by atoms with E-state index in [1.54, 1.807) is 19.5 Å². The van der Waals surface area contributed by atoms with Gasteiger partial charge in [0.2, 0.25) is 0 Å². The molecule has 0 aliphatic carbocycles. The maximum Gasteiger partial charge on any atom is 0.490 e. The number of carbonyl (C=O) groups excluding carboxylic acids is 1. The van der Waals surface area contributed by atoms with Crippen LogP contribution in [-0.4, -0.2) is 72.1 Å². The predicted octanol–water partition coefficient (Wildman–Crippen LogP) is 3.27. The summed E-state index contributed by atoms with van der Waals surface area (Å²) >= 11 is 1.49. The molecule has 7 nitrogen and oxygen atoms in total. The summed E-state index contributed by atoms with van der Waals surface area (Å²) in [6.45, 7) is 1.84. The second kappa shape index (κ2) is 11.8. The van der Waals surface area contributed by atoms with Crippen molar-refractivity contribution in [1.29, 1.82) is 0 Å². The Morgan fingerprint density at radius 1 is 1.26 bits per heavy atom. The minimum Gasteiger partial charge on any atom is -0.475 e. The molecule has 1 amide bonds. The minimum atomic E-state index is -5.08. The number of thiophene rings is 1. The molecule has 1 N–H and O–H groups in total. The highest BCUT2D eigenvalue weighted by Crippen LogP contribution is 2.27. The van der Waals surface area contributed by atoms with Gasteiger partial charge in [-0.1, -0.05) is 6.07 Å². The van der Waals surface area contributed by atoms with Crippen molar-refractivity contribution in [2.45, 2.75) is 31.2 Å². The average molecular weight is 460 g/mol. The number of carboxylic acid groups (broad SMARTS) is 1. The van der Waals surface area contributed by atoms with Crippen LogP contribution in [0.3, 0.4) is 0 Å². The summed E-state index contributed by atoms with van der Waals surface area (Å²) in [5.74, 6) is -2.66. The molecule has 0 aromatic carbocycles. The van der Waals surface area contributed by atoms with Crippen LogP contribution in [0.5, 0.6) is 0 Å². The first-order valence-corrected chi connectivity index (χ1v) is 10.3. The molecule has 2 aromatic heterocycles. The predicted molar refractivity (Wildman–Crippen MR) is 107 cm³/mol. The van der Waals surface area contributed by atoms with Crippen LogP contribution >= 0.6 is 11.3 Å². The summed E-state index contributed by atoms with van der Waals surface area (Å²) in [5, 5.41) is 9.06. The fourth-order valence-corrected chi connectivity index (χ4v) is 3.78. The SMILES string of the molecule is COCCO[C@@H]1CCN(C(=O)c2cccs2)[C@H]1Cc1ccncc1.O=C(O)C(F)(F)F. The average Bonchev–Trinajstić information content (AvgIpc) is 3.39. The zero-order valence-corrected chi connectivity index (χ0v) is 17.6. The zero-order valence-electron chi connectivity index (χ0n) is 16.7. The Kier molecular flexibility index (Phi) is 9.41. The molecule has 0 unspecified atom stereocenters. The summed E-state index contributed by atoms with van der Waals surface area (Å²) in [4.78, 5) is 28.5. The second-order valence-electron chi connectivity index (χ2n) is 6.60. The Morgan fingerprint density at radius 3 is 2.48 bits per heavy atom. The molecule has 2 atom stereocenters. The van der Waals surface area contributed by atoms with E-state index in [0.717, 1.165) is 24.3 Å². The van der Waals surface area contributed by atoms with E-state index in [4.69, 9.17) is 19.4 Å². The zero-order chi connectivity index (χ0) is 22.9. The van der Waals surface area contributed by atoms with Gasteiger partial charge in [-0.2, -0.15) is 13.2 Å². The molecule has 31 heavy (non-hydrogen) atoms. The van der Waals surface area contributed by atoms with Gasteiger partial charge in [0.05, 0.1) is 30.2 Å². The molecule has 3 heterocycles. The van der Waals surface area contributed by atoms with Crippen molar-refractivity contribution in [3.63, 3.8) is 0 Å². The number of amides is 1. The van der Waals surface area contributed by atoms with Gasteiger partial charge in [0.1, 0.15) is 0 Å². The summed E-state index contributed by atoms with van der Waals surface area (Å²) < 4.78 is 42.8. The standard InChI is InChI=1S/C18H22N2O3S.C2HF3O2/c1-22-10-11-23-16-6-9-20(18(21)17-3-2-12-24-17)15(16)13-14-4-7-19-8-5-14;3-2(4,5)1(6)7/h2-5,7-8,12,15-16H,6,9-11,13H2,1H3;(H,6,7)/t15-,16+;/m0./s1. The van der Waals surface area contributed by atoms with Crippen molar-refractivity contribution >= 4 is 23.2 Å². The van der Waals surface area contributed by atoms with Crippen molar-refractivity contribution in [3.8, 4) is 0 Å². The molecule has 0 spiro atoms. The van der Waals surface area contributed by atoms with Gasteiger partial charge < -0.3 is 19.5 Å². The number of carbonyl (C=O) groups is 2. The number of rotatable bonds is 7. The molecule has 11 heteroatoms. The second-order valence-corrected chi connectivity index (χ2v) is 7.54. The molecule has 3 rings (SSSR count). The van der Waals surface area contributed by atoms with Crippen LogP contribution in [0, 0.1) is 0 Å². The van der Waals surface area contributed by atoms with E-state index in [1.165, 1.54) is 16.9 Å². The summed E-state index contributed by atoms with van der Waals surface area (Å²) in [5.41, 5.74) is 1.17. The van der Waals surface area contributed by atoms with Gasteiger partial charge in [-0.05, 0) is 42.0 Å². The van der Waals surface area contributed by atoms with Crippen molar-refractivity contribution in [3.05, 3.63) is 52.5 Å². The van der Waals surface area contributed by atoms with Gasteiger partial charge in [-0.15, -0.1) is 11.3 Å². The Bertz CT molecular complexity index is 818. The summed E-state index contributed by atoms with van der Waals surface area (Å²) in [7, 11) is 1.67. The highest BCUT2D eigenvalue weighted by molar-refractivity contribution is 7.12. The minimum absolute atomic E-state index is 0.0391. The van der Waals surface area contributed by atoms with Gasteiger partial charge in [0.15, 0.2) is 0 Å². The van der Waals surface area contributed by atoms with Crippen molar-refractivity contribution in [2.75, 3.05) is 26.9 Å². The van der Waals surface area contributed by atoms with Crippen LogP contribution in [0.2, 0.25) is 0 Å². The molecule has 170 valence electrons. The van der Waals surface area contributed by atoms with E-state index < -0.39 is 12.1 Å². The molecule has 1 aliphatic rings. The van der Waals surface area contributed by atoms with E-state index in [0.29, 0.717) is 13.2 Å². The maximum absolute atomic E-state index is 12.8. The third kappa shape index (κ3) is 7.60. The van der Waals surface area contributed by atoms with Crippen molar-refractivity contribution in [2.24, 2.45) is 0 Å². The molecular weight excluding hydrogens is 437 g/mol. The lowest BCUT2D eigenvalue weighted by Gasteiger charge is -2.28. The maximum atomic E-state index is 12.8. The number of likely N-dealkylation sites (tertiary alicyclic amines) is 1. The van der Waals surface area contributed by atoms with Crippen LogP contribution in [0.1, 0.15) is 21.7 Å². The first kappa shape index (κ1) is 24.8. The number of halogens is 3. The third-order valence-electron chi connectivity index (χ3n) is 4.53. The lowest BCUT2D eigenvalue weighted by atomic mass is 10.0. The molecule has 0 saturated carbocycles. The van der Waals surface area contributed by atoms with E-state index >= 15 is 0 Å². The number of nitrogens with zero attached hydrogens (tertiary/aromatic N) is 2. The largest absolute Gasteiger partial charge is 0.490 e. The third-order valence-corrected chi connectivity index (χ3v) is 5.39. The van der Waals surface area contributed by atoms with Gasteiger partial charge in [-0.3, -0.25) is 9.78 Å². The van der Waals surface area contributed by atoms with Gasteiger partial charge >= 0.3 is 12.1 Å². The number of aromatic nitrogens is 1. The van der Waals surface area contributed by atoms with Crippen molar-refractivity contribution < 1.29 is 37.3 Å². The normalized spacial score (nSPS) is 18.4. The van der Waals surface area contributed by atoms with Crippen LogP contribution < -0.4 is 0 Å². The van der Waals surface area contributed by atoms with Gasteiger partial charge in [0.25, 0.3) is 5.91 Å². The van der Waals surface area contributed by atoms with Crippen LogP contribution in [0.4, 0.5) is 13.2 Å². The number of hydrogen-bond donors (Lipinski definition) is 1. The molecule has 0 radical (unpaired) electrons. The van der Waals surface area contributed by atoms with Crippen molar-refractivity contribution in [1.82, 2.24) is 9.88 Å². The Balaban J connectivity index is 0.000000423. The lowest BCUT2D eigenvalue weighted by molar-refractivity contribution is -0.192. The molecule has 1 fully saturated rings. The number of aliphatic carboxylic acids is 1. The summed E-state index contributed by atoms with van der Waals surface area (Å²) in [6, 6.07) is 7.84. The topological polar surface area (TPSA) is 89.0 Å². The lowest BCUT2D eigenvalue weighted by Crippen LogP contribution is -2.42. The molecule has 1 saturated heterocycles. The Hall–Kier alpha value is -2.50. The first-order valence-electron chi connectivity index (χ1n) is 9.38. The van der Waals surface area contributed by atoms with E-state index in [2.05, 4.69) is 4.98 Å². The molecular formula is C20H23F3N2O5S. The van der Waals surface area contributed by atoms with E-state index in [-0.39, 0.29) is 18.1 Å². The van der Waals surface area contributed by atoms with Crippen LogP contribution in [0.15, 0.2) is 42.0 Å². The number of alkyl halides is 3. The smallest absolute Gasteiger partial charge is 0.475 e. The van der Waals surface area contributed by atoms with E-state index in [1.807, 2.05) is 34.5 Å². The van der Waals surface area contributed by atoms with Crippen LogP contribution in [-0.2, 0) is 20.7 Å². The number of methoxy groups -OCH3 is 1. The van der Waals surface area contributed by atoms with Gasteiger partial charge in [0, 0.05) is 26.0 Å².